The quantitative estimate of drug-likeness (QED) is 0.721. The Balaban J connectivity index is 2.58. The van der Waals surface area contributed by atoms with E-state index in [9.17, 15) is 9.18 Å². The normalized spacial score (nSPS) is 10.1. The lowest BCUT2D eigenvalue weighted by atomic mass is 10.0. The van der Waals surface area contributed by atoms with Gasteiger partial charge in [-0.1, -0.05) is 0 Å². The molecule has 1 aromatic heterocycles. The van der Waals surface area contributed by atoms with Crippen LogP contribution in [0, 0.1) is 12.7 Å². The molecule has 0 saturated heterocycles. The molecule has 2 rings (SSSR count). The molecule has 0 aliphatic heterocycles. The lowest BCUT2D eigenvalue weighted by Crippen LogP contribution is -1.89. The maximum Gasteiger partial charge on any atom is 0.150 e. The van der Waals surface area contributed by atoms with E-state index >= 15 is 0 Å². The molecule has 1 heterocycles. The van der Waals surface area contributed by atoms with Crippen LogP contribution in [0.1, 0.15) is 16.1 Å². The highest BCUT2D eigenvalue weighted by molar-refractivity contribution is 5.79. The Labute approximate surface area is 92.8 Å². The molecule has 0 bridgehead atoms. The van der Waals surface area contributed by atoms with Crippen LogP contribution in [0.2, 0.25) is 0 Å². The zero-order chi connectivity index (χ0) is 11.5. The Kier molecular flexibility index (Phi) is 2.77. The van der Waals surface area contributed by atoms with Gasteiger partial charge in [-0.05, 0) is 42.8 Å². The Morgan fingerprint density at radius 2 is 2.06 bits per heavy atom. The minimum absolute atomic E-state index is 0.337. The smallest absolute Gasteiger partial charge is 0.150 e. The van der Waals surface area contributed by atoms with Gasteiger partial charge in [-0.25, -0.2) is 4.39 Å². The molecule has 0 amide bonds. The van der Waals surface area contributed by atoms with Gasteiger partial charge in [-0.15, -0.1) is 0 Å². The highest BCUT2D eigenvalue weighted by Gasteiger charge is 2.06. The van der Waals surface area contributed by atoms with Crippen molar-refractivity contribution in [3.63, 3.8) is 0 Å². The molecular formula is C13H10FNO. The molecule has 0 fully saturated rings. The maximum absolute atomic E-state index is 13.6. The number of benzene rings is 1. The first-order chi connectivity index (χ1) is 7.70. The highest BCUT2D eigenvalue weighted by Crippen LogP contribution is 2.23. The number of pyridine rings is 1. The minimum Gasteiger partial charge on any atom is -0.298 e. The molecule has 0 radical (unpaired) electrons. The molecule has 80 valence electrons. The number of carbonyl (C=O) groups is 1. The van der Waals surface area contributed by atoms with E-state index in [2.05, 4.69) is 4.98 Å². The fraction of sp³-hybridized carbons (Fsp3) is 0.0769. The molecule has 0 unspecified atom stereocenters. The predicted molar refractivity (Wildman–Crippen MR) is 59.8 cm³/mol. The number of aryl methyl sites for hydroxylation is 1. The third-order valence-corrected chi connectivity index (χ3v) is 2.33. The standard InChI is InChI=1S/C13H10FNO/c1-9-6-11(4-5-15-9)12-7-10(8-16)2-3-13(12)14/h2-8H,1H3. The van der Waals surface area contributed by atoms with Gasteiger partial charge in [-0.3, -0.25) is 9.78 Å². The number of hydrogen-bond acceptors (Lipinski definition) is 2. The summed E-state index contributed by atoms with van der Waals surface area (Å²) < 4.78 is 13.6. The minimum atomic E-state index is -0.337. The van der Waals surface area contributed by atoms with Gasteiger partial charge in [0.25, 0.3) is 0 Å². The molecule has 2 nitrogen and oxygen atoms in total. The topological polar surface area (TPSA) is 30.0 Å². The largest absolute Gasteiger partial charge is 0.298 e. The van der Waals surface area contributed by atoms with Gasteiger partial charge < -0.3 is 0 Å². The van der Waals surface area contributed by atoms with E-state index in [1.807, 2.05) is 6.92 Å². The lowest BCUT2D eigenvalue weighted by Gasteiger charge is -2.04. The number of carbonyl (C=O) groups excluding carboxylic acids is 1. The SMILES string of the molecule is Cc1cc(-c2cc(C=O)ccc2F)ccn1. The van der Waals surface area contributed by atoms with E-state index in [0.29, 0.717) is 17.4 Å². The molecule has 0 atom stereocenters. The van der Waals surface area contributed by atoms with Crippen LogP contribution >= 0.6 is 0 Å². The predicted octanol–water partition coefficient (Wildman–Crippen LogP) is 3.01. The first kappa shape index (κ1) is 10.5. The van der Waals surface area contributed by atoms with Crippen molar-refractivity contribution in [2.75, 3.05) is 0 Å². The van der Waals surface area contributed by atoms with E-state index in [-0.39, 0.29) is 5.82 Å². The third-order valence-electron chi connectivity index (χ3n) is 2.33. The second kappa shape index (κ2) is 4.23. The summed E-state index contributed by atoms with van der Waals surface area (Å²) >= 11 is 0. The second-order valence-corrected chi connectivity index (χ2v) is 3.54. The van der Waals surface area contributed by atoms with Crippen LogP contribution in [0.25, 0.3) is 11.1 Å². The van der Waals surface area contributed by atoms with Crippen molar-refractivity contribution in [3.05, 3.63) is 53.6 Å². The molecular weight excluding hydrogens is 205 g/mol. The number of aldehydes is 1. The number of aromatic nitrogens is 1. The summed E-state index contributed by atoms with van der Waals surface area (Å²) in [7, 11) is 0. The Morgan fingerprint density at radius 1 is 1.25 bits per heavy atom. The Bertz CT molecular complexity index is 537. The van der Waals surface area contributed by atoms with E-state index in [0.717, 1.165) is 11.3 Å². The van der Waals surface area contributed by atoms with Gasteiger partial charge in [0.15, 0.2) is 0 Å². The summed E-state index contributed by atoms with van der Waals surface area (Å²) in [6.45, 7) is 1.84. The summed E-state index contributed by atoms with van der Waals surface area (Å²) in [4.78, 5) is 14.7. The number of halogens is 1. The first-order valence-electron chi connectivity index (χ1n) is 4.88. The van der Waals surface area contributed by atoms with Crippen LogP contribution in [0.5, 0.6) is 0 Å². The molecule has 0 saturated carbocycles. The highest BCUT2D eigenvalue weighted by atomic mass is 19.1. The molecule has 0 aliphatic carbocycles. The summed E-state index contributed by atoms with van der Waals surface area (Å²) in [6.07, 6.45) is 2.33. The summed E-state index contributed by atoms with van der Waals surface area (Å²) in [5, 5.41) is 0. The van der Waals surface area contributed by atoms with Gasteiger partial charge in [0.05, 0.1) is 0 Å². The van der Waals surface area contributed by atoms with E-state index in [4.69, 9.17) is 0 Å². The first-order valence-corrected chi connectivity index (χ1v) is 4.88. The fourth-order valence-corrected chi connectivity index (χ4v) is 1.55. The molecule has 0 aliphatic rings. The number of rotatable bonds is 2. The van der Waals surface area contributed by atoms with Gasteiger partial charge in [-0.2, -0.15) is 0 Å². The van der Waals surface area contributed by atoms with Gasteiger partial charge >= 0.3 is 0 Å². The fourth-order valence-electron chi connectivity index (χ4n) is 1.55. The third kappa shape index (κ3) is 1.98. The van der Waals surface area contributed by atoms with Crippen molar-refractivity contribution in [1.29, 1.82) is 0 Å². The van der Waals surface area contributed by atoms with Crippen molar-refractivity contribution in [2.45, 2.75) is 6.92 Å². The average Bonchev–Trinajstić information content (AvgIpc) is 2.30. The zero-order valence-electron chi connectivity index (χ0n) is 8.77. The van der Waals surface area contributed by atoms with Crippen molar-refractivity contribution >= 4 is 6.29 Å². The van der Waals surface area contributed by atoms with Gasteiger partial charge in [0.2, 0.25) is 0 Å². The molecule has 16 heavy (non-hydrogen) atoms. The molecule has 0 spiro atoms. The monoisotopic (exact) mass is 215 g/mol. The Hall–Kier alpha value is -2.03. The van der Waals surface area contributed by atoms with Gasteiger partial charge in [0, 0.05) is 23.0 Å². The van der Waals surface area contributed by atoms with Gasteiger partial charge in [0.1, 0.15) is 12.1 Å². The van der Waals surface area contributed by atoms with Crippen molar-refractivity contribution < 1.29 is 9.18 Å². The number of hydrogen-bond donors (Lipinski definition) is 0. The lowest BCUT2D eigenvalue weighted by molar-refractivity contribution is 0.112. The van der Waals surface area contributed by atoms with E-state index in [1.54, 1.807) is 18.3 Å². The Morgan fingerprint density at radius 3 is 2.75 bits per heavy atom. The average molecular weight is 215 g/mol. The van der Waals surface area contributed by atoms with E-state index < -0.39 is 0 Å². The van der Waals surface area contributed by atoms with Crippen LogP contribution in [0.4, 0.5) is 4.39 Å². The summed E-state index contributed by atoms with van der Waals surface area (Å²) in [6, 6.07) is 7.80. The van der Waals surface area contributed by atoms with Crippen LogP contribution in [-0.2, 0) is 0 Å². The molecule has 1 aromatic carbocycles. The molecule has 2 aromatic rings. The summed E-state index contributed by atoms with van der Waals surface area (Å²) in [5.41, 5.74) is 2.43. The van der Waals surface area contributed by atoms with Crippen molar-refractivity contribution in [2.24, 2.45) is 0 Å². The molecule has 3 heteroatoms. The van der Waals surface area contributed by atoms with Crippen LogP contribution in [0.15, 0.2) is 36.5 Å². The second-order valence-electron chi connectivity index (χ2n) is 3.54. The van der Waals surface area contributed by atoms with Crippen molar-refractivity contribution in [1.82, 2.24) is 4.98 Å². The summed E-state index contributed by atoms with van der Waals surface area (Å²) in [5.74, 6) is -0.337. The van der Waals surface area contributed by atoms with Crippen LogP contribution in [0.3, 0.4) is 0 Å². The molecule has 0 N–H and O–H groups in total. The van der Waals surface area contributed by atoms with E-state index in [1.165, 1.54) is 18.2 Å². The van der Waals surface area contributed by atoms with Crippen LogP contribution in [-0.4, -0.2) is 11.3 Å². The maximum atomic E-state index is 13.6. The van der Waals surface area contributed by atoms with Crippen LogP contribution < -0.4 is 0 Å². The number of nitrogens with zero attached hydrogens (tertiary/aromatic N) is 1. The zero-order valence-corrected chi connectivity index (χ0v) is 8.77. The van der Waals surface area contributed by atoms with Crippen molar-refractivity contribution in [3.8, 4) is 11.1 Å².